The number of nitrogens with one attached hydrogen (secondary N) is 1. The SMILES string of the molecule is CCCOc1ccc(NC(=O)C2(c3ccccc3Cl)CCCC2)c2cccnc12. The van der Waals surface area contributed by atoms with Crippen molar-refractivity contribution in [3.05, 3.63) is 65.3 Å². The molecule has 29 heavy (non-hydrogen) atoms. The Morgan fingerprint density at radius 2 is 1.93 bits per heavy atom. The van der Waals surface area contributed by atoms with Crippen LogP contribution in [0.25, 0.3) is 10.9 Å². The Balaban J connectivity index is 1.71. The number of rotatable bonds is 6. The Morgan fingerprint density at radius 1 is 1.14 bits per heavy atom. The summed E-state index contributed by atoms with van der Waals surface area (Å²) in [5.74, 6) is 0.734. The number of pyridine rings is 1. The zero-order valence-corrected chi connectivity index (χ0v) is 17.3. The third-order valence-corrected chi connectivity index (χ3v) is 6.05. The largest absolute Gasteiger partial charge is 0.491 e. The summed E-state index contributed by atoms with van der Waals surface area (Å²) in [4.78, 5) is 18.1. The van der Waals surface area contributed by atoms with Crippen LogP contribution in [0.1, 0.15) is 44.6 Å². The fraction of sp³-hybridized carbons (Fsp3) is 0.333. The van der Waals surface area contributed by atoms with Crippen molar-refractivity contribution in [1.82, 2.24) is 4.98 Å². The summed E-state index contributed by atoms with van der Waals surface area (Å²) < 4.78 is 5.84. The minimum atomic E-state index is -0.593. The highest BCUT2D eigenvalue weighted by molar-refractivity contribution is 6.32. The molecule has 0 unspecified atom stereocenters. The normalized spacial score (nSPS) is 15.4. The van der Waals surface area contributed by atoms with Gasteiger partial charge in [-0.3, -0.25) is 9.78 Å². The molecule has 0 radical (unpaired) electrons. The lowest BCUT2D eigenvalue weighted by Crippen LogP contribution is -2.38. The van der Waals surface area contributed by atoms with E-state index in [-0.39, 0.29) is 5.91 Å². The topological polar surface area (TPSA) is 51.2 Å². The molecule has 1 saturated carbocycles. The van der Waals surface area contributed by atoms with Crippen molar-refractivity contribution in [2.45, 2.75) is 44.4 Å². The number of hydrogen-bond donors (Lipinski definition) is 1. The van der Waals surface area contributed by atoms with Crippen LogP contribution in [0.3, 0.4) is 0 Å². The second-order valence-corrected chi connectivity index (χ2v) is 7.99. The van der Waals surface area contributed by atoms with Crippen LogP contribution in [0.5, 0.6) is 5.75 Å². The van der Waals surface area contributed by atoms with E-state index in [9.17, 15) is 4.79 Å². The number of aromatic nitrogens is 1. The molecule has 0 aliphatic heterocycles. The van der Waals surface area contributed by atoms with E-state index in [2.05, 4.69) is 17.2 Å². The first-order valence-corrected chi connectivity index (χ1v) is 10.6. The summed E-state index contributed by atoms with van der Waals surface area (Å²) in [6, 6.07) is 15.3. The molecule has 4 rings (SSSR count). The lowest BCUT2D eigenvalue weighted by molar-refractivity contribution is -0.121. The van der Waals surface area contributed by atoms with Crippen molar-refractivity contribution in [3.63, 3.8) is 0 Å². The second kappa shape index (κ2) is 8.42. The van der Waals surface area contributed by atoms with Gasteiger partial charge in [0.05, 0.1) is 17.7 Å². The third kappa shape index (κ3) is 3.69. The molecular formula is C24H25ClN2O2. The van der Waals surface area contributed by atoms with Crippen molar-refractivity contribution < 1.29 is 9.53 Å². The Morgan fingerprint density at radius 3 is 2.69 bits per heavy atom. The molecule has 1 fully saturated rings. The molecule has 0 saturated heterocycles. The van der Waals surface area contributed by atoms with Crippen molar-refractivity contribution in [1.29, 1.82) is 0 Å². The summed E-state index contributed by atoms with van der Waals surface area (Å²) in [6.07, 6.45) is 6.31. The Kier molecular flexibility index (Phi) is 5.72. The predicted octanol–water partition coefficient (Wildman–Crippen LogP) is 6.13. The van der Waals surface area contributed by atoms with E-state index in [1.54, 1.807) is 6.20 Å². The summed E-state index contributed by atoms with van der Waals surface area (Å²) in [7, 11) is 0. The van der Waals surface area contributed by atoms with E-state index in [4.69, 9.17) is 16.3 Å². The van der Waals surface area contributed by atoms with Gasteiger partial charge in [0.25, 0.3) is 0 Å². The van der Waals surface area contributed by atoms with Crippen molar-refractivity contribution >= 4 is 34.1 Å². The average Bonchev–Trinajstić information content (AvgIpc) is 3.24. The number of halogens is 1. The number of anilines is 1. The summed E-state index contributed by atoms with van der Waals surface area (Å²) >= 11 is 6.50. The number of hydrogen-bond acceptors (Lipinski definition) is 3. The molecule has 5 heteroatoms. The zero-order valence-electron chi connectivity index (χ0n) is 16.6. The number of carbonyl (C=O) groups excluding carboxylic acids is 1. The van der Waals surface area contributed by atoms with Gasteiger partial charge >= 0.3 is 0 Å². The molecule has 4 nitrogen and oxygen atoms in total. The molecular weight excluding hydrogens is 384 g/mol. The van der Waals surface area contributed by atoms with E-state index in [0.717, 1.165) is 60.0 Å². The maximum absolute atomic E-state index is 13.6. The standard InChI is InChI=1S/C24H25ClN2O2/c1-2-16-29-21-12-11-20(17-8-7-15-26-22(17)21)27-23(28)24(13-5-6-14-24)18-9-3-4-10-19(18)25/h3-4,7-12,15H,2,5-6,13-14,16H2,1H3,(H,27,28). The van der Waals surface area contributed by atoms with Gasteiger partial charge in [0.2, 0.25) is 5.91 Å². The van der Waals surface area contributed by atoms with Gasteiger partial charge in [0, 0.05) is 16.6 Å². The number of amides is 1. The summed E-state index contributed by atoms with van der Waals surface area (Å²) in [5, 5.41) is 4.71. The number of carbonyl (C=O) groups is 1. The fourth-order valence-electron chi connectivity index (χ4n) is 4.27. The quantitative estimate of drug-likeness (QED) is 0.533. The van der Waals surface area contributed by atoms with Gasteiger partial charge in [-0.2, -0.15) is 0 Å². The third-order valence-electron chi connectivity index (χ3n) is 5.72. The van der Waals surface area contributed by atoms with Crippen LogP contribution >= 0.6 is 11.6 Å². The van der Waals surface area contributed by atoms with Crippen LogP contribution in [0.15, 0.2) is 54.7 Å². The number of nitrogens with zero attached hydrogens (tertiary/aromatic N) is 1. The van der Waals surface area contributed by atoms with E-state index in [0.29, 0.717) is 11.6 Å². The number of fused-ring (bicyclic) bond motifs is 1. The maximum atomic E-state index is 13.6. The molecule has 2 aromatic carbocycles. The Labute approximate surface area is 176 Å². The number of ether oxygens (including phenoxy) is 1. The van der Waals surface area contributed by atoms with Crippen LogP contribution in [0.2, 0.25) is 5.02 Å². The number of benzene rings is 2. The second-order valence-electron chi connectivity index (χ2n) is 7.58. The van der Waals surface area contributed by atoms with Crippen LogP contribution in [0.4, 0.5) is 5.69 Å². The molecule has 150 valence electrons. The molecule has 0 atom stereocenters. The van der Waals surface area contributed by atoms with Crippen LogP contribution in [-0.4, -0.2) is 17.5 Å². The molecule has 1 aromatic heterocycles. The average molecular weight is 409 g/mol. The summed E-state index contributed by atoms with van der Waals surface area (Å²) in [6.45, 7) is 2.70. The van der Waals surface area contributed by atoms with E-state index < -0.39 is 5.41 Å². The highest BCUT2D eigenvalue weighted by Crippen LogP contribution is 2.45. The van der Waals surface area contributed by atoms with E-state index >= 15 is 0 Å². The smallest absolute Gasteiger partial charge is 0.235 e. The lowest BCUT2D eigenvalue weighted by atomic mass is 9.78. The molecule has 1 N–H and O–H groups in total. The van der Waals surface area contributed by atoms with Crippen molar-refractivity contribution in [2.75, 3.05) is 11.9 Å². The molecule has 3 aromatic rings. The summed E-state index contributed by atoms with van der Waals surface area (Å²) in [5.41, 5.74) is 1.84. The zero-order chi connectivity index (χ0) is 20.3. The van der Waals surface area contributed by atoms with Gasteiger partial charge in [-0.15, -0.1) is 0 Å². The molecule has 0 bridgehead atoms. The van der Waals surface area contributed by atoms with E-state index in [1.165, 1.54) is 0 Å². The van der Waals surface area contributed by atoms with E-state index in [1.807, 2.05) is 48.5 Å². The molecule has 1 aliphatic carbocycles. The van der Waals surface area contributed by atoms with Gasteiger partial charge in [-0.25, -0.2) is 0 Å². The molecule has 1 amide bonds. The minimum absolute atomic E-state index is 0.00419. The van der Waals surface area contributed by atoms with Crippen molar-refractivity contribution in [3.8, 4) is 5.75 Å². The van der Waals surface area contributed by atoms with Gasteiger partial charge in [0.15, 0.2) is 0 Å². The minimum Gasteiger partial charge on any atom is -0.491 e. The van der Waals surface area contributed by atoms with Crippen molar-refractivity contribution in [2.24, 2.45) is 0 Å². The molecule has 0 spiro atoms. The fourth-order valence-corrected chi connectivity index (χ4v) is 4.59. The van der Waals surface area contributed by atoms with Gasteiger partial charge in [-0.05, 0) is 55.2 Å². The highest BCUT2D eigenvalue weighted by Gasteiger charge is 2.44. The van der Waals surface area contributed by atoms with Gasteiger partial charge in [0.1, 0.15) is 11.3 Å². The molecule has 1 heterocycles. The van der Waals surface area contributed by atoms with Gasteiger partial charge < -0.3 is 10.1 Å². The Hall–Kier alpha value is -2.59. The van der Waals surface area contributed by atoms with Crippen LogP contribution < -0.4 is 10.1 Å². The predicted molar refractivity (Wildman–Crippen MR) is 118 cm³/mol. The monoisotopic (exact) mass is 408 g/mol. The first kappa shape index (κ1) is 19.7. The van der Waals surface area contributed by atoms with Gasteiger partial charge in [-0.1, -0.05) is 49.6 Å². The maximum Gasteiger partial charge on any atom is 0.235 e. The highest BCUT2D eigenvalue weighted by atomic mass is 35.5. The van der Waals surface area contributed by atoms with Crippen LogP contribution in [0, 0.1) is 0 Å². The first-order chi connectivity index (χ1) is 14.2. The van der Waals surface area contributed by atoms with Crippen LogP contribution in [-0.2, 0) is 10.2 Å². The Bertz CT molecular complexity index is 1030. The lowest BCUT2D eigenvalue weighted by Gasteiger charge is -2.29. The first-order valence-electron chi connectivity index (χ1n) is 10.2. The molecule has 1 aliphatic rings.